The maximum absolute atomic E-state index is 12.5. The lowest BCUT2D eigenvalue weighted by atomic mass is 10.2. The molecule has 0 saturated heterocycles. The molecule has 9 heteroatoms. The molecule has 0 fully saturated rings. The zero-order valence-corrected chi connectivity index (χ0v) is 19.1. The molecule has 3 aromatic rings. The van der Waals surface area contributed by atoms with E-state index in [9.17, 15) is 13.2 Å². The van der Waals surface area contributed by atoms with Gasteiger partial charge in [-0.15, -0.1) is 0 Å². The summed E-state index contributed by atoms with van der Waals surface area (Å²) in [5.74, 6) is 0.750. The quantitative estimate of drug-likeness (QED) is 0.529. The van der Waals surface area contributed by atoms with Crippen molar-refractivity contribution in [2.24, 2.45) is 0 Å². The average molecular weight is 462 g/mol. The summed E-state index contributed by atoms with van der Waals surface area (Å²) in [7, 11) is -2.03. The number of hydrogen-bond acceptors (Lipinski definition) is 5. The van der Waals surface area contributed by atoms with E-state index in [1.54, 1.807) is 38.2 Å². The van der Waals surface area contributed by atoms with Gasteiger partial charge in [-0.05, 0) is 50.2 Å². The number of carbonyl (C=O) groups is 1. The highest BCUT2D eigenvalue weighted by Crippen LogP contribution is 2.28. The molecule has 0 aliphatic rings. The van der Waals surface area contributed by atoms with Crippen LogP contribution in [0.1, 0.15) is 26.2 Å². The molecule has 0 aliphatic heterocycles. The number of sulfonamides is 1. The van der Waals surface area contributed by atoms with Gasteiger partial charge in [0, 0.05) is 37.2 Å². The zero-order valence-electron chi connectivity index (χ0n) is 17.5. The first-order valence-corrected chi connectivity index (χ1v) is 11.6. The molecule has 0 radical (unpaired) electrons. The van der Waals surface area contributed by atoms with Crippen molar-refractivity contribution in [1.82, 2.24) is 9.29 Å². The SMILES string of the molecule is CC(C)N(C)S(=O)(=O)c1ccc(NC(=O)CCc2ncc(-c3ccccc3Cl)o2)cc1. The Labute approximate surface area is 187 Å². The van der Waals surface area contributed by atoms with Gasteiger partial charge in [0.15, 0.2) is 11.7 Å². The van der Waals surface area contributed by atoms with Crippen LogP contribution in [0.2, 0.25) is 5.02 Å². The molecule has 164 valence electrons. The average Bonchev–Trinajstić information content (AvgIpc) is 3.21. The predicted molar refractivity (Wildman–Crippen MR) is 120 cm³/mol. The Morgan fingerprint density at radius 2 is 1.84 bits per heavy atom. The molecule has 0 bridgehead atoms. The second-order valence-electron chi connectivity index (χ2n) is 7.29. The number of amides is 1. The van der Waals surface area contributed by atoms with Crippen LogP contribution >= 0.6 is 11.6 Å². The highest BCUT2D eigenvalue weighted by atomic mass is 35.5. The normalized spacial score (nSPS) is 11.8. The molecular formula is C22H24ClN3O4S. The third-order valence-corrected chi connectivity index (χ3v) is 7.18. The minimum absolute atomic E-state index is 0.155. The fourth-order valence-corrected chi connectivity index (χ4v) is 4.41. The first kappa shape index (κ1) is 23.0. The van der Waals surface area contributed by atoms with Crippen molar-refractivity contribution in [2.75, 3.05) is 12.4 Å². The van der Waals surface area contributed by atoms with Crippen molar-refractivity contribution in [1.29, 1.82) is 0 Å². The molecular weight excluding hydrogens is 438 g/mol. The van der Waals surface area contributed by atoms with Crippen LogP contribution in [-0.4, -0.2) is 36.7 Å². The number of aryl methyl sites for hydroxylation is 1. The smallest absolute Gasteiger partial charge is 0.243 e. The van der Waals surface area contributed by atoms with Crippen molar-refractivity contribution in [3.8, 4) is 11.3 Å². The summed E-state index contributed by atoms with van der Waals surface area (Å²) in [5, 5.41) is 3.32. The molecule has 0 saturated carbocycles. The Kier molecular flexibility index (Phi) is 7.15. The number of benzene rings is 2. The largest absolute Gasteiger partial charge is 0.441 e. The second-order valence-corrected chi connectivity index (χ2v) is 9.69. The second kappa shape index (κ2) is 9.64. The van der Waals surface area contributed by atoms with Crippen molar-refractivity contribution in [2.45, 2.75) is 37.6 Å². The van der Waals surface area contributed by atoms with Crippen molar-refractivity contribution in [3.05, 3.63) is 65.6 Å². The number of carbonyl (C=O) groups excluding carboxylic acids is 1. The Morgan fingerprint density at radius 1 is 1.16 bits per heavy atom. The molecule has 31 heavy (non-hydrogen) atoms. The standard InChI is InChI=1S/C22H24ClN3O4S/c1-15(2)26(3)31(28,29)17-10-8-16(9-11-17)25-21(27)12-13-22-24-14-20(30-22)18-6-4-5-7-19(18)23/h4-11,14-15H,12-13H2,1-3H3,(H,25,27). The van der Waals surface area contributed by atoms with Gasteiger partial charge in [0.05, 0.1) is 16.1 Å². The molecule has 7 nitrogen and oxygen atoms in total. The molecule has 0 unspecified atom stereocenters. The Bertz CT molecular complexity index is 1160. The van der Waals surface area contributed by atoms with Crippen LogP contribution in [0, 0.1) is 0 Å². The van der Waals surface area contributed by atoms with E-state index in [-0.39, 0.29) is 23.3 Å². The number of nitrogens with one attached hydrogen (secondary N) is 1. The van der Waals surface area contributed by atoms with Crippen molar-refractivity contribution in [3.63, 3.8) is 0 Å². The maximum atomic E-state index is 12.5. The number of aromatic nitrogens is 1. The molecule has 3 rings (SSSR count). The molecule has 0 aliphatic carbocycles. The summed E-state index contributed by atoms with van der Waals surface area (Å²) in [6.07, 6.45) is 2.07. The van der Waals surface area contributed by atoms with Crippen LogP contribution < -0.4 is 5.32 Å². The minimum Gasteiger partial charge on any atom is -0.441 e. The van der Waals surface area contributed by atoms with Gasteiger partial charge in [-0.3, -0.25) is 4.79 Å². The van der Waals surface area contributed by atoms with E-state index in [0.717, 1.165) is 5.56 Å². The van der Waals surface area contributed by atoms with E-state index in [4.69, 9.17) is 16.0 Å². The first-order valence-electron chi connectivity index (χ1n) is 9.76. The summed E-state index contributed by atoms with van der Waals surface area (Å²) < 4.78 is 32.0. The van der Waals surface area contributed by atoms with Gasteiger partial charge < -0.3 is 9.73 Å². The molecule has 1 N–H and O–H groups in total. The molecule has 0 spiro atoms. The first-order chi connectivity index (χ1) is 14.7. The monoisotopic (exact) mass is 461 g/mol. The topological polar surface area (TPSA) is 92.5 Å². The van der Waals surface area contributed by atoms with Gasteiger partial charge in [-0.2, -0.15) is 4.31 Å². The van der Waals surface area contributed by atoms with Gasteiger partial charge in [0.25, 0.3) is 0 Å². The number of nitrogens with zero attached hydrogens (tertiary/aromatic N) is 2. The fourth-order valence-electron chi connectivity index (χ4n) is 2.81. The molecule has 0 atom stereocenters. The number of anilines is 1. The summed E-state index contributed by atoms with van der Waals surface area (Å²) in [6, 6.07) is 13.2. The Balaban J connectivity index is 1.58. The van der Waals surface area contributed by atoms with Gasteiger partial charge in [-0.1, -0.05) is 23.7 Å². The fraction of sp³-hybridized carbons (Fsp3) is 0.273. The van der Waals surface area contributed by atoms with E-state index in [0.29, 0.717) is 28.8 Å². The summed E-state index contributed by atoms with van der Waals surface area (Å²) in [4.78, 5) is 16.6. The van der Waals surface area contributed by atoms with E-state index in [2.05, 4.69) is 10.3 Å². The molecule has 1 amide bonds. The Hall–Kier alpha value is -2.68. The molecule has 1 heterocycles. The van der Waals surface area contributed by atoms with Gasteiger partial charge in [-0.25, -0.2) is 13.4 Å². The highest BCUT2D eigenvalue weighted by molar-refractivity contribution is 7.89. The lowest BCUT2D eigenvalue weighted by Gasteiger charge is -2.21. The van der Waals surface area contributed by atoms with E-state index >= 15 is 0 Å². The third kappa shape index (κ3) is 5.52. The summed E-state index contributed by atoms with van der Waals surface area (Å²) >= 11 is 6.17. The summed E-state index contributed by atoms with van der Waals surface area (Å²) in [5.41, 5.74) is 1.26. The molecule has 1 aromatic heterocycles. The van der Waals surface area contributed by atoms with E-state index < -0.39 is 10.0 Å². The van der Waals surface area contributed by atoms with Crippen LogP contribution in [0.15, 0.2) is 64.0 Å². The maximum Gasteiger partial charge on any atom is 0.243 e. The van der Waals surface area contributed by atoms with Crippen LogP contribution in [0.4, 0.5) is 5.69 Å². The third-order valence-electron chi connectivity index (χ3n) is 4.80. The number of oxazole rings is 1. The van der Waals surface area contributed by atoms with E-state index in [1.165, 1.54) is 23.5 Å². The van der Waals surface area contributed by atoms with Crippen molar-refractivity contribution < 1.29 is 17.6 Å². The number of rotatable bonds is 8. The van der Waals surface area contributed by atoms with Gasteiger partial charge in [0.2, 0.25) is 15.9 Å². The van der Waals surface area contributed by atoms with Gasteiger partial charge in [0.1, 0.15) is 0 Å². The Morgan fingerprint density at radius 3 is 2.48 bits per heavy atom. The zero-order chi connectivity index (χ0) is 22.6. The van der Waals surface area contributed by atoms with Crippen LogP contribution in [0.5, 0.6) is 0 Å². The van der Waals surface area contributed by atoms with Crippen LogP contribution in [0.3, 0.4) is 0 Å². The van der Waals surface area contributed by atoms with E-state index in [1.807, 2.05) is 18.2 Å². The summed E-state index contributed by atoms with van der Waals surface area (Å²) in [6.45, 7) is 3.61. The van der Waals surface area contributed by atoms with Crippen LogP contribution in [0.25, 0.3) is 11.3 Å². The highest BCUT2D eigenvalue weighted by Gasteiger charge is 2.22. The van der Waals surface area contributed by atoms with Crippen LogP contribution in [-0.2, 0) is 21.2 Å². The lowest BCUT2D eigenvalue weighted by molar-refractivity contribution is -0.116. The lowest BCUT2D eigenvalue weighted by Crippen LogP contribution is -2.33. The minimum atomic E-state index is -3.56. The number of halogens is 1. The predicted octanol–water partition coefficient (Wildman–Crippen LogP) is 4.60. The number of hydrogen-bond donors (Lipinski definition) is 1. The van der Waals surface area contributed by atoms with Gasteiger partial charge >= 0.3 is 0 Å². The molecule has 2 aromatic carbocycles. The van der Waals surface area contributed by atoms with Crippen molar-refractivity contribution >= 4 is 33.2 Å².